The monoisotopic (exact) mass is 438 g/mol. The summed E-state index contributed by atoms with van der Waals surface area (Å²) in [7, 11) is 0. The molecular weight excluding hydrogens is 420 g/mol. The minimum absolute atomic E-state index is 0.242. The SMILES string of the molecule is CC(C)(C)OC(=O)NC[C@@]1(c2ccccc2)Cc2c(ncc(Cl)c2Br)O1. The number of carbonyl (C=O) groups is 1. The van der Waals surface area contributed by atoms with Crippen LogP contribution >= 0.6 is 27.5 Å². The second-order valence-corrected chi connectivity index (χ2v) is 8.40. The molecule has 2 aromatic rings. The quantitative estimate of drug-likeness (QED) is 0.742. The van der Waals surface area contributed by atoms with Crippen LogP contribution in [0.25, 0.3) is 0 Å². The number of ether oxygens (including phenoxy) is 2. The van der Waals surface area contributed by atoms with E-state index in [9.17, 15) is 4.79 Å². The summed E-state index contributed by atoms with van der Waals surface area (Å²) in [5.41, 5.74) is 0.479. The highest BCUT2D eigenvalue weighted by Crippen LogP contribution is 2.44. The Morgan fingerprint density at radius 3 is 2.73 bits per heavy atom. The average molecular weight is 440 g/mol. The van der Waals surface area contributed by atoms with E-state index < -0.39 is 17.3 Å². The highest BCUT2D eigenvalue weighted by atomic mass is 79.9. The highest BCUT2D eigenvalue weighted by molar-refractivity contribution is 9.10. The summed E-state index contributed by atoms with van der Waals surface area (Å²) in [4.78, 5) is 16.4. The van der Waals surface area contributed by atoms with Crippen LogP contribution in [0.2, 0.25) is 5.02 Å². The normalized spacial score (nSPS) is 18.8. The minimum atomic E-state index is -0.777. The zero-order chi connectivity index (χ0) is 18.9. The van der Waals surface area contributed by atoms with Crippen molar-refractivity contribution in [3.8, 4) is 5.88 Å². The van der Waals surface area contributed by atoms with E-state index in [1.807, 2.05) is 51.1 Å². The first-order chi connectivity index (χ1) is 12.2. The van der Waals surface area contributed by atoms with Crippen LogP contribution in [0.4, 0.5) is 4.79 Å². The maximum Gasteiger partial charge on any atom is 0.407 e. The molecule has 1 aliphatic rings. The summed E-state index contributed by atoms with van der Waals surface area (Å²) in [6.07, 6.45) is 1.58. The number of fused-ring (bicyclic) bond motifs is 1. The minimum Gasteiger partial charge on any atom is -0.464 e. The van der Waals surface area contributed by atoms with E-state index in [-0.39, 0.29) is 6.54 Å². The molecule has 1 atom stereocenters. The van der Waals surface area contributed by atoms with Gasteiger partial charge in [0, 0.05) is 16.5 Å². The van der Waals surface area contributed by atoms with E-state index in [1.165, 1.54) is 0 Å². The largest absolute Gasteiger partial charge is 0.464 e. The van der Waals surface area contributed by atoms with E-state index in [1.54, 1.807) is 6.20 Å². The van der Waals surface area contributed by atoms with Crippen LogP contribution in [0.5, 0.6) is 5.88 Å². The predicted octanol–water partition coefficient (Wildman–Crippen LogP) is 4.85. The fraction of sp³-hybridized carbons (Fsp3) is 0.368. The van der Waals surface area contributed by atoms with E-state index in [0.717, 1.165) is 15.6 Å². The molecule has 5 nitrogen and oxygen atoms in total. The Hall–Kier alpha value is -1.79. The molecule has 2 heterocycles. The van der Waals surface area contributed by atoms with Gasteiger partial charge in [-0.2, -0.15) is 0 Å². The van der Waals surface area contributed by atoms with Crippen molar-refractivity contribution < 1.29 is 14.3 Å². The van der Waals surface area contributed by atoms with Gasteiger partial charge < -0.3 is 14.8 Å². The summed E-state index contributed by atoms with van der Waals surface area (Å²) in [6.45, 7) is 5.71. The Bertz CT molecular complexity index is 824. The molecule has 138 valence electrons. The second kappa shape index (κ2) is 7.08. The van der Waals surface area contributed by atoms with Gasteiger partial charge in [0.05, 0.1) is 17.8 Å². The number of pyridine rings is 1. The molecule has 3 rings (SSSR count). The van der Waals surface area contributed by atoms with E-state index >= 15 is 0 Å². The Kier molecular flexibility index (Phi) is 5.17. The highest BCUT2D eigenvalue weighted by Gasteiger charge is 2.43. The summed E-state index contributed by atoms with van der Waals surface area (Å²) >= 11 is 9.69. The van der Waals surface area contributed by atoms with Crippen molar-refractivity contribution in [3.63, 3.8) is 0 Å². The smallest absolute Gasteiger partial charge is 0.407 e. The number of hydrogen-bond donors (Lipinski definition) is 1. The van der Waals surface area contributed by atoms with Crippen LogP contribution < -0.4 is 10.1 Å². The Balaban J connectivity index is 1.89. The van der Waals surface area contributed by atoms with Gasteiger partial charge in [-0.1, -0.05) is 41.9 Å². The van der Waals surface area contributed by atoms with Crippen molar-refractivity contribution in [2.24, 2.45) is 0 Å². The van der Waals surface area contributed by atoms with Crippen molar-refractivity contribution in [1.29, 1.82) is 0 Å². The number of carbonyl (C=O) groups excluding carboxylic acids is 1. The summed E-state index contributed by atoms with van der Waals surface area (Å²) in [5.74, 6) is 0.510. The average Bonchev–Trinajstić information content (AvgIpc) is 2.97. The van der Waals surface area contributed by atoms with Gasteiger partial charge in [-0.15, -0.1) is 0 Å². The molecular formula is C19H20BrClN2O3. The molecule has 1 aliphatic heterocycles. The molecule has 1 aromatic carbocycles. The lowest BCUT2D eigenvalue weighted by Gasteiger charge is -2.30. The van der Waals surface area contributed by atoms with Crippen molar-refractivity contribution in [2.45, 2.75) is 38.4 Å². The first kappa shape index (κ1) is 19.0. The number of hydrogen-bond acceptors (Lipinski definition) is 4. The van der Waals surface area contributed by atoms with Gasteiger partial charge in [-0.25, -0.2) is 9.78 Å². The third-order valence-electron chi connectivity index (χ3n) is 4.00. The third-order valence-corrected chi connectivity index (χ3v) is 5.42. The topological polar surface area (TPSA) is 60.5 Å². The number of halogens is 2. The number of rotatable bonds is 3. The van der Waals surface area contributed by atoms with Crippen LogP contribution in [0.15, 0.2) is 41.0 Å². The third kappa shape index (κ3) is 3.96. The lowest BCUT2D eigenvalue weighted by Crippen LogP contribution is -2.45. The van der Waals surface area contributed by atoms with Crippen LogP contribution in [-0.4, -0.2) is 23.2 Å². The molecule has 0 unspecified atom stereocenters. The summed E-state index contributed by atoms with van der Waals surface area (Å²) in [5, 5.41) is 3.35. The van der Waals surface area contributed by atoms with Gasteiger partial charge in [0.25, 0.3) is 0 Å². The van der Waals surface area contributed by atoms with Crippen molar-refractivity contribution >= 4 is 33.6 Å². The molecule has 0 fully saturated rings. The second-order valence-electron chi connectivity index (χ2n) is 7.20. The zero-order valence-corrected chi connectivity index (χ0v) is 17.1. The molecule has 7 heteroatoms. The fourth-order valence-corrected chi connectivity index (χ4v) is 3.44. The maximum absolute atomic E-state index is 12.1. The summed E-state index contributed by atoms with van der Waals surface area (Å²) in [6, 6.07) is 9.75. The zero-order valence-electron chi connectivity index (χ0n) is 14.8. The van der Waals surface area contributed by atoms with Crippen LogP contribution in [0.3, 0.4) is 0 Å². The van der Waals surface area contributed by atoms with Gasteiger partial charge in [-0.3, -0.25) is 0 Å². The number of amides is 1. The molecule has 0 bridgehead atoms. The molecule has 0 radical (unpaired) electrons. The molecule has 1 amide bonds. The molecule has 26 heavy (non-hydrogen) atoms. The Morgan fingerprint density at radius 2 is 2.08 bits per heavy atom. The summed E-state index contributed by atoms with van der Waals surface area (Å²) < 4.78 is 12.3. The standard InChI is InChI=1S/C19H20BrClN2O3/c1-18(2,3)26-17(24)23-11-19(12-7-5-4-6-8-12)9-13-15(20)14(21)10-22-16(13)25-19/h4-8,10H,9,11H2,1-3H3,(H,23,24)/t19-/m1/s1. The van der Waals surface area contributed by atoms with E-state index in [4.69, 9.17) is 21.1 Å². The molecule has 1 N–H and O–H groups in total. The van der Waals surface area contributed by atoms with Gasteiger partial charge >= 0.3 is 6.09 Å². The Labute approximate surface area is 166 Å². The van der Waals surface area contributed by atoms with E-state index in [2.05, 4.69) is 26.2 Å². The molecule has 0 saturated carbocycles. The van der Waals surface area contributed by atoms with Gasteiger partial charge in [0.15, 0.2) is 5.60 Å². The predicted molar refractivity (Wildman–Crippen MR) is 104 cm³/mol. The van der Waals surface area contributed by atoms with Gasteiger partial charge in [0.1, 0.15) is 5.60 Å². The van der Waals surface area contributed by atoms with Crippen molar-refractivity contribution in [1.82, 2.24) is 10.3 Å². The fourth-order valence-electron chi connectivity index (χ4n) is 2.87. The number of alkyl carbamates (subject to hydrolysis) is 1. The number of nitrogens with zero attached hydrogens (tertiary/aromatic N) is 1. The Morgan fingerprint density at radius 1 is 1.38 bits per heavy atom. The molecule has 0 saturated heterocycles. The maximum atomic E-state index is 12.1. The lowest BCUT2D eigenvalue weighted by atomic mass is 9.89. The van der Waals surface area contributed by atoms with Gasteiger partial charge in [0.2, 0.25) is 5.88 Å². The van der Waals surface area contributed by atoms with E-state index in [0.29, 0.717) is 17.3 Å². The number of nitrogens with one attached hydrogen (secondary N) is 1. The number of aromatic nitrogens is 1. The molecule has 0 aliphatic carbocycles. The van der Waals surface area contributed by atoms with Crippen molar-refractivity contribution in [3.05, 3.63) is 57.2 Å². The number of benzene rings is 1. The van der Waals surface area contributed by atoms with Gasteiger partial charge in [-0.05, 0) is 42.3 Å². The van der Waals surface area contributed by atoms with Crippen LogP contribution in [-0.2, 0) is 16.8 Å². The molecule has 1 aromatic heterocycles. The van der Waals surface area contributed by atoms with Crippen LogP contribution in [0, 0.1) is 0 Å². The lowest BCUT2D eigenvalue weighted by molar-refractivity contribution is 0.0407. The first-order valence-corrected chi connectivity index (χ1v) is 9.41. The van der Waals surface area contributed by atoms with Crippen molar-refractivity contribution in [2.75, 3.05) is 6.54 Å². The molecule has 0 spiro atoms. The van der Waals surface area contributed by atoms with Crippen LogP contribution in [0.1, 0.15) is 31.9 Å². The first-order valence-electron chi connectivity index (χ1n) is 8.24.